The van der Waals surface area contributed by atoms with Crippen molar-refractivity contribution in [1.82, 2.24) is 9.55 Å². The number of rotatable bonds is 1. The Hall–Kier alpha value is -1.84. The molecule has 0 aliphatic carbocycles. The minimum atomic E-state index is -0.336. The lowest BCUT2D eigenvalue weighted by molar-refractivity contribution is 0.0601. The highest BCUT2D eigenvalue weighted by Gasteiger charge is 2.16. The standard InChI is InChI=1S/C13H16N2O2/c1-13(2,3)15-8-14-10-7-9(12(16)17-4)5-6-11(10)15/h5-8H,1-4H3. The highest BCUT2D eigenvalue weighted by Crippen LogP contribution is 2.22. The molecule has 1 aromatic carbocycles. The summed E-state index contributed by atoms with van der Waals surface area (Å²) in [5.74, 6) is -0.336. The van der Waals surface area contributed by atoms with Crippen LogP contribution in [0.2, 0.25) is 0 Å². The lowest BCUT2D eigenvalue weighted by Gasteiger charge is -2.21. The van der Waals surface area contributed by atoms with Crippen LogP contribution in [0.1, 0.15) is 31.1 Å². The van der Waals surface area contributed by atoms with Crippen molar-refractivity contribution in [3.63, 3.8) is 0 Å². The molecule has 0 fully saturated rings. The van der Waals surface area contributed by atoms with Crippen molar-refractivity contribution < 1.29 is 9.53 Å². The molecule has 0 saturated heterocycles. The molecule has 0 atom stereocenters. The largest absolute Gasteiger partial charge is 0.465 e. The zero-order valence-corrected chi connectivity index (χ0v) is 10.5. The van der Waals surface area contributed by atoms with Gasteiger partial charge in [0.2, 0.25) is 0 Å². The number of fused-ring (bicyclic) bond motifs is 1. The zero-order chi connectivity index (χ0) is 12.6. The molecule has 0 N–H and O–H groups in total. The number of esters is 1. The number of hydrogen-bond acceptors (Lipinski definition) is 3. The third-order valence-electron chi connectivity index (χ3n) is 2.69. The summed E-state index contributed by atoms with van der Waals surface area (Å²) in [5, 5.41) is 0. The van der Waals surface area contributed by atoms with E-state index in [1.54, 1.807) is 18.5 Å². The molecule has 0 amide bonds. The maximum absolute atomic E-state index is 11.4. The van der Waals surface area contributed by atoms with Crippen LogP contribution in [0.4, 0.5) is 0 Å². The van der Waals surface area contributed by atoms with Crippen molar-refractivity contribution in [2.45, 2.75) is 26.3 Å². The van der Waals surface area contributed by atoms with E-state index in [4.69, 9.17) is 0 Å². The lowest BCUT2D eigenvalue weighted by atomic mass is 10.1. The van der Waals surface area contributed by atoms with E-state index in [-0.39, 0.29) is 11.5 Å². The Balaban J connectivity index is 2.56. The summed E-state index contributed by atoms with van der Waals surface area (Å²) in [4.78, 5) is 15.7. The van der Waals surface area contributed by atoms with Crippen LogP contribution in [-0.4, -0.2) is 22.6 Å². The van der Waals surface area contributed by atoms with E-state index in [1.807, 2.05) is 6.07 Å². The Morgan fingerprint density at radius 2 is 2.06 bits per heavy atom. The third-order valence-corrected chi connectivity index (χ3v) is 2.69. The molecule has 1 aromatic heterocycles. The van der Waals surface area contributed by atoms with Gasteiger partial charge in [0.15, 0.2) is 0 Å². The van der Waals surface area contributed by atoms with Gasteiger partial charge in [-0.3, -0.25) is 0 Å². The first-order valence-corrected chi connectivity index (χ1v) is 5.49. The molecule has 0 bridgehead atoms. The van der Waals surface area contributed by atoms with E-state index in [9.17, 15) is 4.79 Å². The predicted molar refractivity (Wildman–Crippen MR) is 66.1 cm³/mol. The molecule has 2 rings (SSSR count). The maximum Gasteiger partial charge on any atom is 0.337 e. The fourth-order valence-electron chi connectivity index (χ4n) is 1.79. The van der Waals surface area contributed by atoms with Gasteiger partial charge in [-0.1, -0.05) is 0 Å². The molecule has 4 nitrogen and oxygen atoms in total. The Morgan fingerprint density at radius 1 is 1.35 bits per heavy atom. The van der Waals surface area contributed by atoms with Gasteiger partial charge in [0, 0.05) is 5.54 Å². The first kappa shape index (κ1) is 11.6. The number of carbonyl (C=O) groups is 1. The van der Waals surface area contributed by atoms with Gasteiger partial charge in [-0.25, -0.2) is 9.78 Å². The van der Waals surface area contributed by atoms with E-state index in [2.05, 4.69) is 35.1 Å². The molecule has 0 radical (unpaired) electrons. The van der Waals surface area contributed by atoms with Crippen LogP contribution in [0.3, 0.4) is 0 Å². The number of ether oxygens (including phenoxy) is 1. The molecule has 17 heavy (non-hydrogen) atoms. The Kier molecular flexibility index (Phi) is 2.65. The van der Waals surface area contributed by atoms with Gasteiger partial charge in [0.05, 0.1) is 30.0 Å². The van der Waals surface area contributed by atoms with E-state index in [0.717, 1.165) is 11.0 Å². The van der Waals surface area contributed by atoms with Gasteiger partial charge in [-0.05, 0) is 39.0 Å². The molecule has 0 aliphatic rings. The number of nitrogens with zero attached hydrogens (tertiary/aromatic N) is 2. The van der Waals surface area contributed by atoms with Crippen molar-refractivity contribution in [2.75, 3.05) is 7.11 Å². The quantitative estimate of drug-likeness (QED) is 0.710. The lowest BCUT2D eigenvalue weighted by Crippen LogP contribution is -2.20. The summed E-state index contributed by atoms with van der Waals surface area (Å²) in [5.41, 5.74) is 2.33. The van der Waals surface area contributed by atoms with Gasteiger partial charge in [-0.2, -0.15) is 0 Å². The van der Waals surface area contributed by atoms with Crippen LogP contribution in [0, 0.1) is 0 Å². The Labute approximate surface area is 100 Å². The van der Waals surface area contributed by atoms with E-state index >= 15 is 0 Å². The van der Waals surface area contributed by atoms with Crippen LogP contribution in [0.25, 0.3) is 11.0 Å². The molecule has 0 unspecified atom stereocenters. The van der Waals surface area contributed by atoms with E-state index in [0.29, 0.717) is 5.56 Å². The Morgan fingerprint density at radius 3 is 2.65 bits per heavy atom. The number of carbonyl (C=O) groups excluding carboxylic acids is 1. The number of hydrogen-bond donors (Lipinski definition) is 0. The van der Waals surface area contributed by atoms with Crippen LogP contribution >= 0.6 is 0 Å². The second kappa shape index (κ2) is 3.87. The molecule has 1 heterocycles. The van der Waals surface area contributed by atoms with E-state index in [1.165, 1.54) is 7.11 Å². The van der Waals surface area contributed by atoms with E-state index < -0.39 is 0 Å². The average Bonchev–Trinajstić information content (AvgIpc) is 2.70. The van der Waals surface area contributed by atoms with Crippen LogP contribution in [0.5, 0.6) is 0 Å². The summed E-state index contributed by atoms with van der Waals surface area (Å²) in [7, 11) is 1.38. The molecule has 0 saturated carbocycles. The molecular formula is C13H16N2O2. The molecule has 2 aromatic rings. The van der Waals surface area contributed by atoms with Crippen LogP contribution < -0.4 is 0 Å². The molecular weight excluding hydrogens is 216 g/mol. The minimum absolute atomic E-state index is 0.0263. The summed E-state index contributed by atoms with van der Waals surface area (Å²) < 4.78 is 6.77. The van der Waals surface area contributed by atoms with Gasteiger partial charge >= 0.3 is 5.97 Å². The van der Waals surface area contributed by atoms with Gasteiger partial charge < -0.3 is 9.30 Å². The van der Waals surface area contributed by atoms with Crippen molar-refractivity contribution in [2.24, 2.45) is 0 Å². The molecule has 0 aliphatic heterocycles. The maximum atomic E-state index is 11.4. The first-order chi connectivity index (χ1) is 7.93. The second-order valence-corrected chi connectivity index (χ2v) is 4.98. The molecule has 90 valence electrons. The number of imidazole rings is 1. The number of benzene rings is 1. The topological polar surface area (TPSA) is 44.1 Å². The summed E-state index contributed by atoms with van der Waals surface area (Å²) >= 11 is 0. The van der Waals surface area contributed by atoms with Crippen molar-refractivity contribution in [1.29, 1.82) is 0 Å². The van der Waals surface area contributed by atoms with Crippen molar-refractivity contribution in [3.8, 4) is 0 Å². The fraction of sp³-hybridized carbons (Fsp3) is 0.385. The van der Waals surface area contributed by atoms with Gasteiger partial charge in [0.1, 0.15) is 0 Å². The second-order valence-electron chi connectivity index (χ2n) is 4.98. The van der Waals surface area contributed by atoms with Crippen molar-refractivity contribution in [3.05, 3.63) is 30.1 Å². The smallest absolute Gasteiger partial charge is 0.337 e. The average molecular weight is 232 g/mol. The summed E-state index contributed by atoms with van der Waals surface area (Å²) in [6.45, 7) is 6.34. The third kappa shape index (κ3) is 2.02. The van der Waals surface area contributed by atoms with Gasteiger partial charge in [-0.15, -0.1) is 0 Å². The first-order valence-electron chi connectivity index (χ1n) is 5.49. The predicted octanol–water partition coefficient (Wildman–Crippen LogP) is 2.58. The Bertz CT molecular complexity index is 564. The highest BCUT2D eigenvalue weighted by molar-refractivity contribution is 5.93. The minimum Gasteiger partial charge on any atom is -0.465 e. The fourth-order valence-corrected chi connectivity index (χ4v) is 1.79. The summed E-state index contributed by atoms with van der Waals surface area (Å²) in [6, 6.07) is 5.42. The number of methoxy groups -OCH3 is 1. The normalized spacial score (nSPS) is 11.8. The summed E-state index contributed by atoms with van der Waals surface area (Å²) in [6.07, 6.45) is 1.80. The number of aromatic nitrogens is 2. The van der Waals surface area contributed by atoms with Crippen molar-refractivity contribution >= 4 is 17.0 Å². The zero-order valence-electron chi connectivity index (χ0n) is 10.5. The molecule has 0 spiro atoms. The van der Waals surface area contributed by atoms with Crippen LogP contribution in [0.15, 0.2) is 24.5 Å². The SMILES string of the molecule is COC(=O)c1ccc2c(c1)ncn2C(C)(C)C. The van der Waals surface area contributed by atoms with Crippen LogP contribution in [-0.2, 0) is 10.3 Å². The molecule has 4 heteroatoms. The highest BCUT2D eigenvalue weighted by atomic mass is 16.5. The monoisotopic (exact) mass is 232 g/mol. The van der Waals surface area contributed by atoms with Gasteiger partial charge in [0.25, 0.3) is 0 Å².